The summed E-state index contributed by atoms with van der Waals surface area (Å²) in [6, 6.07) is 7.89. The molecule has 0 fully saturated rings. The monoisotopic (exact) mass is 308 g/mol. The van der Waals surface area contributed by atoms with Crippen LogP contribution in [0.5, 0.6) is 0 Å². The Hall–Kier alpha value is -1.75. The Bertz CT molecular complexity index is 554. The van der Waals surface area contributed by atoms with Crippen molar-refractivity contribution in [2.45, 2.75) is 0 Å². The molecule has 1 aromatic carbocycles. The molecule has 0 saturated heterocycles. The SMILES string of the molecule is CN(C(=O)c1c(F)cccc1Br)c1cccnc1. The molecule has 0 unspecified atom stereocenters. The van der Waals surface area contributed by atoms with Crippen LogP contribution in [0, 0.1) is 5.82 Å². The molecule has 0 aliphatic carbocycles. The number of nitrogens with zero attached hydrogens (tertiary/aromatic N) is 2. The molecule has 0 spiro atoms. The number of hydrogen-bond acceptors (Lipinski definition) is 2. The topological polar surface area (TPSA) is 33.2 Å². The highest BCUT2D eigenvalue weighted by atomic mass is 79.9. The molecule has 0 radical (unpaired) electrons. The van der Waals surface area contributed by atoms with Gasteiger partial charge in [0, 0.05) is 17.7 Å². The number of aromatic nitrogens is 1. The number of anilines is 1. The normalized spacial score (nSPS) is 10.2. The molecule has 0 saturated carbocycles. The van der Waals surface area contributed by atoms with Gasteiger partial charge in [0.15, 0.2) is 0 Å². The van der Waals surface area contributed by atoms with E-state index in [-0.39, 0.29) is 5.56 Å². The minimum Gasteiger partial charge on any atom is -0.310 e. The summed E-state index contributed by atoms with van der Waals surface area (Å²) in [5.41, 5.74) is 0.626. The van der Waals surface area contributed by atoms with E-state index >= 15 is 0 Å². The first-order valence-corrected chi connectivity index (χ1v) is 6.02. The number of carbonyl (C=O) groups excluding carboxylic acids is 1. The standard InChI is InChI=1S/C13H10BrFN2O/c1-17(9-4-3-7-16-8-9)13(18)12-10(14)5-2-6-11(12)15/h2-8H,1H3. The Morgan fingerprint density at radius 2 is 2.11 bits per heavy atom. The summed E-state index contributed by atoms with van der Waals surface area (Å²) in [7, 11) is 1.58. The van der Waals surface area contributed by atoms with Gasteiger partial charge in [-0.05, 0) is 40.2 Å². The van der Waals surface area contributed by atoms with Crippen LogP contribution in [0.15, 0.2) is 47.2 Å². The van der Waals surface area contributed by atoms with Crippen molar-refractivity contribution in [3.05, 3.63) is 58.6 Å². The van der Waals surface area contributed by atoms with Gasteiger partial charge in [0.1, 0.15) is 5.82 Å². The van der Waals surface area contributed by atoms with Gasteiger partial charge in [-0.25, -0.2) is 4.39 Å². The van der Waals surface area contributed by atoms with Crippen molar-refractivity contribution >= 4 is 27.5 Å². The van der Waals surface area contributed by atoms with Gasteiger partial charge in [-0.15, -0.1) is 0 Å². The Balaban J connectivity index is 2.38. The molecule has 0 aliphatic rings. The van der Waals surface area contributed by atoms with E-state index in [1.807, 2.05) is 0 Å². The maximum atomic E-state index is 13.7. The number of hydrogen-bond donors (Lipinski definition) is 0. The molecule has 18 heavy (non-hydrogen) atoms. The predicted molar refractivity (Wildman–Crippen MR) is 71.1 cm³/mol. The van der Waals surface area contributed by atoms with Gasteiger partial charge < -0.3 is 4.90 Å². The maximum absolute atomic E-state index is 13.7. The highest BCUT2D eigenvalue weighted by Crippen LogP contribution is 2.23. The van der Waals surface area contributed by atoms with Crippen LogP contribution in [0.1, 0.15) is 10.4 Å². The lowest BCUT2D eigenvalue weighted by Gasteiger charge is -2.17. The van der Waals surface area contributed by atoms with Gasteiger partial charge in [-0.3, -0.25) is 9.78 Å². The fourth-order valence-corrected chi connectivity index (χ4v) is 2.05. The Morgan fingerprint density at radius 3 is 2.72 bits per heavy atom. The largest absolute Gasteiger partial charge is 0.310 e. The Morgan fingerprint density at radius 1 is 1.33 bits per heavy atom. The van der Waals surface area contributed by atoms with Crippen molar-refractivity contribution in [2.75, 3.05) is 11.9 Å². The molecule has 2 aromatic rings. The molecule has 0 aliphatic heterocycles. The number of rotatable bonds is 2. The smallest absolute Gasteiger partial charge is 0.262 e. The summed E-state index contributed by atoms with van der Waals surface area (Å²) in [5, 5.41) is 0. The average molecular weight is 309 g/mol. The quantitative estimate of drug-likeness (QED) is 0.853. The molecule has 1 aromatic heterocycles. The van der Waals surface area contributed by atoms with E-state index in [0.29, 0.717) is 10.2 Å². The second-order valence-electron chi connectivity index (χ2n) is 3.67. The first kappa shape index (κ1) is 12.7. The van der Waals surface area contributed by atoms with Crippen molar-refractivity contribution in [3.8, 4) is 0 Å². The predicted octanol–water partition coefficient (Wildman–Crippen LogP) is 3.26. The molecule has 1 heterocycles. The molecular weight excluding hydrogens is 299 g/mol. The summed E-state index contributed by atoms with van der Waals surface area (Å²) in [5.74, 6) is -0.974. The van der Waals surface area contributed by atoms with E-state index in [2.05, 4.69) is 20.9 Å². The number of amides is 1. The van der Waals surface area contributed by atoms with Crippen molar-refractivity contribution in [2.24, 2.45) is 0 Å². The first-order valence-electron chi connectivity index (χ1n) is 5.23. The van der Waals surface area contributed by atoms with Crippen LogP contribution in [-0.2, 0) is 0 Å². The van der Waals surface area contributed by atoms with E-state index in [9.17, 15) is 9.18 Å². The van der Waals surface area contributed by atoms with Gasteiger partial charge in [0.05, 0.1) is 17.4 Å². The minimum atomic E-state index is -0.551. The van der Waals surface area contributed by atoms with Crippen LogP contribution in [0.3, 0.4) is 0 Å². The van der Waals surface area contributed by atoms with Crippen molar-refractivity contribution < 1.29 is 9.18 Å². The van der Waals surface area contributed by atoms with Crippen LogP contribution in [-0.4, -0.2) is 17.9 Å². The van der Waals surface area contributed by atoms with E-state index in [0.717, 1.165) is 0 Å². The van der Waals surface area contributed by atoms with Crippen LogP contribution in [0.4, 0.5) is 10.1 Å². The van der Waals surface area contributed by atoms with Gasteiger partial charge >= 0.3 is 0 Å². The van der Waals surface area contributed by atoms with Crippen LogP contribution in [0.25, 0.3) is 0 Å². The van der Waals surface area contributed by atoms with Crippen molar-refractivity contribution in [1.29, 1.82) is 0 Å². The lowest BCUT2D eigenvalue weighted by Crippen LogP contribution is -2.27. The summed E-state index contributed by atoms with van der Waals surface area (Å²) < 4.78 is 14.1. The van der Waals surface area contributed by atoms with Crippen LogP contribution >= 0.6 is 15.9 Å². The van der Waals surface area contributed by atoms with E-state index in [1.54, 1.807) is 43.7 Å². The molecule has 3 nitrogen and oxygen atoms in total. The minimum absolute atomic E-state index is 0.0175. The number of pyridine rings is 1. The molecular formula is C13H10BrFN2O. The Kier molecular flexibility index (Phi) is 3.72. The highest BCUT2D eigenvalue weighted by Gasteiger charge is 2.20. The molecule has 5 heteroatoms. The second-order valence-corrected chi connectivity index (χ2v) is 4.53. The van der Waals surface area contributed by atoms with Crippen LogP contribution in [0.2, 0.25) is 0 Å². The zero-order valence-electron chi connectivity index (χ0n) is 9.60. The molecule has 1 amide bonds. The van der Waals surface area contributed by atoms with E-state index < -0.39 is 11.7 Å². The fraction of sp³-hybridized carbons (Fsp3) is 0.0769. The summed E-state index contributed by atoms with van der Waals surface area (Å²) >= 11 is 3.19. The van der Waals surface area contributed by atoms with Gasteiger partial charge in [-0.2, -0.15) is 0 Å². The number of benzene rings is 1. The highest BCUT2D eigenvalue weighted by molar-refractivity contribution is 9.10. The average Bonchev–Trinajstić information content (AvgIpc) is 2.38. The fourth-order valence-electron chi connectivity index (χ4n) is 1.54. The van der Waals surface area contributed by atoms with E-state index in [1.165, 1.54) is 11.0 Å². The summed E-state index contributed by atoms with van der Waals surface area (Å²) in [6.45, 7) is 0. The summed E-state index contributed by atoms with van der Waals surface area (Å²) in [6.07, 6.45) is 3.16. The first-order chi connectivity index (χ1) is 8.61. The second kappa shape index (κ2) is 5.27. The lowest BCUT2D eigenvalue weighted by molar-refractivity contribution is 0.0988. The third-order valence-corrected chi connectivity index (χ3v) is 3.18. The van der Waals surface area contributed by atoms with Gasteiger partial charge in [-0.1, -0.05) is 6.07 Å². The summed E-state index contributed by atoms with van der Waals surface area (Å²) in [4.78, 5) is 17.5. The zero-order chi connectivity index (χ0) is 13.1. The molecule has 0 bridgehead atoms. The number of carbonyl (C=O) groups is 1. The Labute approximate surface area is 112 Å². The van der Waals surface area contributed by atoms with Crippen molar-refractivity contribution in [1.82, 2.24) is 4.98 Å². The molecule has 0 atom stereocenters. The van der Waals surface area contributed by atoms with Gasteiger partial charge in [0.2, 0.25) is 0 Å². The zero-order valence-corrected chi connectivity index (χ0v) is 11.2. The van der Waals surface area contributed by atoms with Crippen molar-refractivity contribution in [3.63, 3.8) is 0 Å². The molecule has 2 rings (SSSR count). The van der Waals surface area contributed by atoms with Crippen LogP contribution < -0.4 is 4.90 Å². The maximum Gasteiger partial charge on any atom is 0.262 e. The molecule has 92 valence electrons. The molecule has 0 N–H and O–H groups in total. The van der Waals surface area contributed by atoms with E-state index in [4.69, 9.17) is 0 Å². The lowest BCUT2D eigenvalue weighted by atomic mass is 10.2. The third kappa shape index (κ3) is 2.41. The van der Waals surface area contributed by atoms with Gasteiger partial charge in [0.25, 0.3) is 5.91 Å². The third-order valence-electron chi connectivity index (χ3n) is 2.51. The number of halogens is 2.